The summed E-state index contributed by atoms with van der Waals surface area (Å²) in [6.07, 6.45) is -0.0178. The number of anilines is 1. The van der Waals surface area contributed by atoms with E-state index in [4.69, 9.17) is 5.26 Å². The summed E-state index contributed by atoms with van der Waals surface area (Å²) in [5, 5.41) is 11.9. The van der Waals surface area contributed by atoms with Crippen molar-refractivity contribution in [3.63, 3.8) is 0 Å². The highest BCUT2D eigenvalue weighted by atomic mass is 16.2. The van der Waals surface area contributed by atoms with Gasteiger partial charge in [-0.15, -0.1) is 0 Å². The van der Waals surface area contributed by atoms with Crippen LogP contribution in [0.1, 0.15) is 69.1 Å². The van der Waals surface area contributed by atoms with Gasteiger partial charge in [-0.25, -0.2) is 0 Å². The van der Waals surface area contributed by atoms with Crippen molar-refractivity contribution in [2.24, 2.45) is 0 Å². The standard InChI is InChI=1S/C25H31N3O2/c1-18(2)21-12-8-13-22(19(3)4)25(21)27-23(29)16-24(30)28(15-9-14-26)17-20-10-6-5-7-11-20/h5-8,10-13,18-19H,9,15-17H2,1-4H3,(H,27,29). The SMILES string of the molecule is CC(C)c1cccc(C(C)C)c1NC(=O)CC(=O)N(CCC#N)Cc1ccccc1. The van der Waals surface area contributed by atoms with Crippen molar-refractivity contribution in [2.45, 2.75) is 58.9 Å². The zero-order valence-electron chi connectivity index (χ0n) is 18.3. The van der Waals surface area contributed by atoms with Crippen LogP contribution in [0.2, 0.25) is 0 Å². The molecule has 0 radical (unpaired) electrons. The van der Waals surface area contributed by atoms with Crippen molar-refractivity contribution in [2.75, 3.05) is 11.9 Å². The molecule has 0 spiro atoms. The first-order valence-electron chi connectivity index (χ1n) is 10.4. The fraction of sp³-hybridized carbons (Fsp3) is 0.400. The van der Waals surface area contributed by atoms with Crippen molar-refractivity contribution in [1.82, 2.24) is 4.90 Å². The average molecular weight is 406 g/mol. The molecule has 0 bridgehead atoms. The number of para-hydroxylation sites is 1. The summed E-state index contributed by atoms with van der Waals surface area (Å²) in [4.78, 5) is 27.2. The Balaban J connectivity index is 2.15. The molecule has 0 aliphatic heterocycles. The van der Waals surface area contributed by atoms with E-state index in [1.54, 1.807) is 4.90 Å². The summed E-state index contributed by atoms with van der Waals surface area (Å²) >= 11 is 0. The minimum Gasteiger partial charge on any atom is -0.337 e. The van der Waals surface area contributed by atoms with E-state index in [1.807, 2.05) is 48.5 Å². The third kappa shape index (κ3) is 6.45. The van der Waals surface area contributed by atoms with Gasteiger partial charge in [0.2, 0.25) is 11.8 Å². The zero-order valence-corrected chi connectivity index (χ0v) is 18.3. The Morgan fingerprint density at radius 3 is 2.10 bits per heavy atom. The van der Waals surface area contributed by atoms with Crippen LogP contribution >= 0.6 is 0 Å². The molecular formula is C25H31N3O2. The van der Waals surface area contributed by atoms with Crippen LogP contribution in [0.25, 0.3) is 0 Å². The molecule has 0 aliphatic rings. The lowest BCUT2D eigenvalue weighted by molar-refractivity contribution is -0.135. The van der Waals surface area contributed by atoms with E-state index in [-0.39, 0.29) is 36.5 Å². The molecule has 0 aliphatic carbocycles. The molecular weight excluding hydrogens is 374 g/mol. The molecule has 2 aromatic carbocycles. The number of carbonyl (C=O) groups is 2. The lowest BCUT2D eigenvalue weighted by atomic mass is 9.92. The maximum atomic E-state index is 12.8. The second-order valence-corrected chi connectivity index (χ2v) is 8.05. The van der Waals surface area contributed by atoms with Crippen molar-refractivity contribution >= 4 is 17.5 Å². The number of hydrogen-bond acceptors (Lipinski definition) is 3. The normalized spacial score (nSPS) is 10.7. The minimum absolute atomic E-state index is 0.230. The van der Waals surface area contributed by atoms with Gasteiger partial charge in [0.05, 0.1) is 12.5 Å². The van der Waals surface area contributed by atoms with Gasteiger partial charge in [-0.1, -0.05) is 76.2 Å². The lowest BCUT2D eigenvalue weighted by Gasteiger charge is -2.23. The van der Waals surface area contributed by atoms with E-state index in [0.29, 0.717) is 13.1 Å². The molecule has 0 heterocycles. The van der Waals surface area contributed by atoms with Crippen LogP contribution in [-0.2, 0) is 16.1 Å². The topological polar surface area (TPSA) is 73.2 Å². The van der Waals surface area contributed by atoms with Gasteiger partial charge in [0.1, 0.15) is 6.42 Å². The first-order valence-corrected chi connectivity index (χ1v) is 10.4. The van der Waals surface area contributed by atoms with E-state index in [9.17, 15) is 9.59 Å². The van der Waals surface area contributed by atoms with Crippen molar-refractivity contribution < 1.29 is 9.59 Å². The molecule has 0 saturated carbocycles. The van der Waals surface area contributed by atoms with Gasteiger partial charge in [-0.2, -0.15) is 5.26 Å². The van der Waals surface area contributed by atoms with Crippen LogP contribution in [0.5, 0.6) is 0 Å². The average Bonchev–Trinajstić information content (AvgIpc) is 2.71. The molecule has 0 unspecified atom stereocenters. The molecule has 30 heavy (non-hydrogen) atoms. The maximum absolute atomic E-state index is 12.8. The Labute approximate surface area is 179 Å². The van der Waals surface area contributed by atoms with Gasteiger partial charge in [0.25, 0.3) is 0 Å². The number of nitrogens with zero attached hydrogens (tertiary/aromatic N) is 2. The van der Waals surface area contributed by atoms with E-state index in [2.05, 4.69) is 39.1 Å². The molecule has 0 fully saturated rings. The lowest BCUT2D eigenvalue weighted by Crippen LogP contribution is -2.34. The first-order chi connectivity index (χ1) is 14.3. The fourth-order valence-corrected chi connectivity index (χ4v) is 3.41. The predicted octanol–water partition coefficient (Wildman–Crippen LogP) is 5.20. The summed E-state index contributed by atoms with van der Waals surface area (Å²) < 4.78 is 0. The van der Waals surface area contributed by atoms with Crippen LogP contribution < -0.4 is 5.32 Å². The Bertz CT molecular complexity index is 872. The molecule has 5 nitrogen and oxygen atoms in total. The highest BCUT2D eigenvalue weighted by Crippen LogP contribution is 2.32. The first kappa shape index (κ1) is 23.2. The van der Waals surface area contributed by atoms with E-state index in [0.717, 1.165) is 22.4 Å². The highest BCUT2D eigenvalue weighted by Gasteiger charge is 2.20. The van der Waals surface area contributed by atoms with Gasteiger partial charge in [0.15, 0.2) is 0 Å². The van der Waals surface area contributed by atoms with Crippen LogP contribution in [0.15, 0.2) is 48.5 Å². The summed E-state index contributed by atoms with van der Waals surface area (Å²) in [6.45, 7) is 9.03. The van der Waals surface area contributed by atoms with Gasteiger partial charge in [-0.3, -0.25) is 9.59 Å². The van der Waals surface area contributed by atoms with Gasteiger partial charge in [-0.05, 0) is 28.5 Å². The molecule has 5 heteroatoms. The number of amides is 2. The molecule has 2 aromatic rings. The number of benzene rings is 2. The number of rotatable bonds is 9. The van der Waals surface area contributed by atoms with Crippen molar-refractivity contribution in [3.05, 3.63) is 65.2 Å². The largest absolute Gasteiger partial charge is 0.337 e. The molecule has 158 valence electrons. The minimum atomic E-state index is -0.329. The Kier molecular flexibility index (Phi) is 8.61. The molecule has 1 N–H and O–H groups in total. The Morgan fingerprint density at radius 1 is 0.967 bits per heavy atom. The van der Waals surface area contributed by atoms with Crippen LogP contribution in [0.4, 0.5) is 5.69 Å². The molecule has 0 atom stereocenters. The predicted molar refractivity (Wildman–Crippen MR) is 120 cm³/mol. The van der Waals surface area contributed by atoms with E-state index in [1.165, 1.54) is 0 Å². The quantitative estimate of drug-likeness (QED) is 0.582. The summed E-state index contributed by atoms with van der Waals surface area (Å²) in [7, 11) is 0. The smallest absolute Gasteiger partial charge is 0.233 e. The van der Waals surface area contributed by atoms with Crippen LogP contribution in [-0.4, -0.2) is 23.3 Å². The van der Waals surface area contributed by atoms with Gasteiger partial charge < -0.3 is 10.2 Å². The number of carbonyl (C=O) groups excluding carboxylic acids is 2. The maximum Gasteiger partial charge on any atom is 0.233 e. The number of nitrogens with one attached hydrogen (secondary N) is 1. The van der Waals surface area contributed by atoms with Crippen LogP contribution in [0.3, 0.4) is 0 Å². The molecule has 0 saturated heterocycles. The van der Waals surface area contributed by atoms with E-state index >= 15 is 0 Å². The van der Waals surface area contributed by atoms with Gasteiger partial charge >= 0.3 is 0 Å². The van der Waals surface area contributed by atoms with E-state index < -0.39 is 0 Å². The third-order valence-electron chi connectivity index (χ3n) is 5.01. The van der Waals surface area contributed by atoms with Crippen molar-refractivity contribution in [3.8, 4) is 6.07 Å². The third-order valence-corrected chi connectivity index (χ3v) is 5.01. The van der Waals surface area contributed by atoms with Crippen LogP contribution in [0, 0.1) is 11.3 Å². The zero-order chi connectivity index (χ0) is 22.1. The number of hydrogen-bond donors (Lipinski definition) is 1. The Morgan fingerprint density at radius 2 is 1.57 bits per heavy atom. The summed E-state index contributed by atoms with van der Waals surface area (Å²) in [5.41, 5.74) is 3.91. The van der Waals surface area contributed by atoms with Crippen molar-refractivity contribution in [1.29, 1.82) is 5.26 Å². The molecule has 0 aromatic heterocycles. The second kappa shape index (κ2) is 11.2. The molecule has 2 rings (SSSR count). The molecule has 2 amide bonds. The number of nitriles is 1. The second-order valence-electron chi connectivity index (χ2n) is 8.05. The monoisotopic (exact) mass is 405 g/mol. The Hall–Kier alpha value is -3.13. The highest BCUT2D eigenvalue weighted by molar-refractivity contribution is 6.04. The summed E-state index contributed by atoms with van der Waals surface area (Å²) in [5.74, 6) is -0.107. The van der Waals surface area contributed by atoms with Gasteiger partial charge in [0, 0.05) is 18.8 Å². The summed E-state index contributed by atoms with van der Waals surface area (Å²) in [6, 6.07) is 17.7. The fourth-order valence-electron chi connectivity index (χ4n) is 3.41.